The van der Waals surface area contributed by atoms with E-state index in [0.29, 0.717) is 16.8 Å². The van der Waals surface area contributed by atoms with Gasteiger partial charge in [0.15, 0.2) is 5.13 Å². The Morgan fingerprint density at radius 3 is 2.86 bits per heavy atom. The number of ether oxygens (including phenoxy) is 1. The van der Waals surface area contributed by atoms with Crippen LogP contribution in [0.15, 0.2) is 53.2 Å². The smallest absolute Gasteiger partial charge is 0.229 e. The van der Waals surface area contributed by atoms with Crippen LogP contribution in [-0.2, 0) is 4.79 Å². The van der Waals surface area contributed by atoms with Crippen LogP contribution in [0.3, 0.4) is 0 Å². The van der Waals surface area contributed by atoms with Crippen LogP contribution in [0.25, 0.3) is 32.4 Å². The fourth-order valence-electron chi connectivity index (χ4n) is 4.33. The Labute approximate surface area is 204 Å². The number of nitrogens with zero attached hydrogens (tertiary/aromatic N) is 4. The second-order valence-corrected chi connectivity index (χ2v) is 9.56. The third-order valence-electron chi connectivity index (χ3n) is 6.23. The van der Waals surface area contributed by atoms with Crippen molar-refractivity contribution in [2.75, 3.05) is 17.7 Å². The maximum absolute atomic E-state index is 12.8. The van der Waals surface area contributed by atoms with Gasteiger partial charge in [0, 0.05) is 36.0 Å². The standard InChI is InChI=1S/C25H22N6O3S/c1-13-27-22(31-34-13)15-7-6-14-8-9-26-23(18(14)12-15)28-17-10-16(11-17)24(32)30-25-29-19-4-3-5-20(33-2)21(19)35-25/h3-9,12,16-17H,10-11H2,1-2H3,(H,26,28)(H,29,30,32). The molecule has 0 saturated heterocycles. The van der Waals surface area contributed by atoms with Crippen LogP contribution in [0.2, 0.25) is 0 Å². The number of hydrogen-bond acceptors (Lipinski definition) is 9. The first-order valence-electron chi connectivity index (χ1n) is 11.3. The molecule has 0 unspecified atom stereocenters. The number of anilines is 2. The summed E-state index contributed by atoms with van der Waals surface area (Å²) in [4.78, 5) is 26.2. The van der Waals surface area contributed by atoms with E-state index in [1.807, 2.05) is 42.5 Å². The molecule has 2 aromatic carbocycles. The molecule has 1 fully saturated rings. The minimum absolute atomic E-state index is 0.0123. The maximum atomic E-state index is 12.8. The fourth-order valence-corrected chi connectivity index (χ4v) is 5.29. The van der Waals surface area contributed by atoms with Gasteiger partial charge in [0.2, 0.25) is 17.6 Å². The Balaban J connectivity index is 1.13. The number of fused-ring (bicyclic) bond motifs is 2. The molecule has 10 heteroatoms. The summed E-state index contributed by atoms with van der Waals surface area (Å²) in [6.45, 7) is 1.77. The van der Waals surface area contributed by atoms with Gasteiger partial charge in [-0.3, -0.25) is 4.79 Å². The molecule has 0 bridgehead atoms. The zero-order chi connectivity index (χ0) is 23.9. The summed E-state index contributed by atoms with van der Waals surface area (Å²) < 4.78 is 11.4. The first-order chi connectivity index (χ1) is 17.1. The number of aryl methyl sites for hydroxylation is 1. The second-order valence-electron chi connectivity index (χ2n) is 8.56. The lowest BCUT2D eigenvalue weighted by molar-refractivity contribution is -0.122. The quantitative estimate of drug-likeness (QED) is 0.343. The molecule has 1 saturated carbocycles. The Bertz CT molecular complexity index is 1560. The molecule has 5 aromatic rings. The first kappa shape index (κ1) is 21.5. The molecule has 3 aromatic heterocycles. The Hall–Kier alpha value is -4.05. The van der Waals surface area contributed by atoms with Crippen LogP contribution >= 0.6 is 11.3 Å². The van der Waals surface area contributed by atoms with Gasteiger partial charge in [-0.2, -0.15) is 4.98 Å². The summed E-state index contributed by atoms with van der Waals surface area (Å²) in [5.41, 5.74) is 1.68. The van der Waals surface area contributed by atoms with Crippen molar-refractivity contribution in [1.82, 2.24) is 20.1 Å². The zero-order valence-corrected chi connectivity index (χ0v) is 19.9. The van der Waals surface area contributed by atoms with E-state index in [4.69, 9.17) is 9.26 Å². The van der Waals surface area contributed by atoms with Crippen molar-refractivity contribution in [1.29, 1.82) is 0 Å². The number of carbonyl (C=O) groups excluding carboxylic acids is 1. The van der Waals surface area contributed by atoms with Gasteiger partial charge in [-0.25, -0.2) is 9.97 Å². The molecule has 176 valence electrons. The van der Waals surface area contributed by atoms with Gasteiger partial charge in [0.25, 0.3) is 0 Å². The number of rotatable bonds is 6. The van der Waals surface area contributed by atoms with Crippen LogP contribution < -0.4 is 15.4 Å². The predicted octanol–water partition coefficient (Wildman–Crippen LogP) is 5.04. The van der Waals surface area contributed by atoms with E-state index in [9.17, 15) is 4.79 Å². The summed E-state index contributed by atoms with van der Waals surface area (Å²) in [7, 11) is 1.63. The molecule has 9 nitrogen and oxygen atoms in total. The molecular weight excluding hydrogens is 464 g/mol. The zero-order valence-electron chi connectivity index (χ0n) is 19.1. The van der Waals surface area contributed by atoms with Crippen molar-refractivity contribution in [3.8, 4) is 17.1 Å². The minimum atomic E-state index is -0.0748. The van der Waals surface area contributed by atoms with E-state index >= 15 is 0 Å². The van der Waals surface area contributed by atoms with E-state index in [-0.39, 0.29) is 17.9 Å². The predicted molar refractivity (Wildman–Crippen MR) is 135 cm³/mol. The highest BCUT2D eigenvalue weighted by Crippen LogP contribution is 2.36. The van der Waals surface area contributed by atoms with E-state index in [1.54, 1.807) is 20.2 Å². The number of amides is 1. The van der Waals surface area contributed by atoms with Gasteiger partial charge in [-0.1, -0.05) is 34.7 Å². The molecule has 0 radical (unpaired) electrons. The van der Waals surface area contributed by atoms with Gasteiger partial charge >= 0.3 is 0 Å². The topological polar surface area (TPSA) is 115 Å². The number of carbonyl (C=O) groups is 1. The lowest BCUT2D eigenvalue weighted by Gasteiger charge is -2.35. The molecule has 3 heterocycles. The third kappa shape index (κ3) is 4.06. The van der Waals surface area contributed by atoms with Crippen LogP contribution in [-0.4, -0.2) is 39.2 Å². The van der Waals surface area contributed by atoms with Crippen molar-refractivity contribution in [3.05, 3.63) is 54.6 Å². The molecule has 0 atom stereocenters. The van der Waals surface area contributed by atoms with Gasteiger partial charge < -0.3 is 19.9 Å². The molecule has 1 aliphatic rings. The van der Waals surface area contributed by atoms with Gasteiger partial charge in [-0.05, 0) is 42.5 Å². The van der Waals surface area contributed by atoms with Crippen molar-refractivity contribution in [3.63, 3.8) is 0 Å². The second kappa shape index (κ2) is 8.62. The number of hydrogen-bond donors (Lipinski definition) is 2. The highest BCUT2D eigenvalue weighted by molar-refractivity contribution is 7.22. The SMILES string of the molecule is COc1cccc2nc(NC(=O)C3CC(Nc4nccc5ccc(-c6noc(C)n6)cc45)C3)sc12. The Morgan fingerprint density at radius 2 is 2.06 bits per heavy atom. The lowest BCUT2D eigenvalue weighted by atomic mass is 9.79. The highest BCUT2D eigenvalue weighted by Gasteiger charge is 2.35. The number of pyridine rings is 1. The van der Waals surface area contributed by atoms with E-state index in [0.717, 1.165) is 51.0 Å². The van der Waals surface area contributed by atoms with Crippen LogP contribution in [0.4, 0.5) is 10.9 Å². The summed E-state index contributed by atoms with van der Waals surface area (Å²) in [6, 6.07) is 13.8. The molecule has 0 aliphatic heterocycles. The van der Waals surface area contributed by atoms with Crippen molar-refractivity contribution in [2.24, 2.45) is 5.92 Å². The minimum Gasteiger partial charge on any atom is -0.495 e. The number of benzene rings is 2. The maximum Gasteiger partial charge on any atom is 0.229 e. The van der Waals surface area contributed by atoms with E-state index < -0.39 is 0 Å². The fraction of sp³-hybridized carbons (Fsp3) is 0.240. The molecule has 0 spiro atoms. The largest absolute Gasteiger partial charge is 0.495 e. The third-order valence-corrected chi connectivity index (χ3v) is 7.23. The summed E-state index contributed by atoms with van der Waals surface area (Å²) in [5.74, 6) is 2.52. The summed E-state index contributed by atoms with van der Waals surface area (Å²) in [6.07, 6.45) is 3.23. The van der Waals surface area contributed by atoms with E-state index in [2.05, 4.69) is 30.7 Å². The van der Waals surface area contributed by atoms with Gasteiger partial charge in [-0.15, -0.1) is 0 Å². The highest BCUT2D eigenvalue weighted by atomic mass is 32.1. The van der Waals surface area contributed by atoms with Crippen molar-refractivity contribution >= 4 is 49.2 Å². The summed E-state index contributed by atoms with van der Waals surface area (Å²) >= 11 is 1.42. The van der Waals surface area contributed by atoms with Gasteiger partial charge in [0.1, 0.15) is 11.6 Å². The molecule has 2 N–H and O–H groups in total. The van der Waals surface area contributed by atoms with Crippen LogP contribution in [0, 0.1) is 12.8 Å². The molecule has 1 aliphatic carbocycles. The van der Waals surface area contributed by atoms with E-state index in [1.165, 1.54) is 11.3 Å². The average Bonchev–Trinajstić information content (AvgIpc) is 3.46. The molecular formula is C25H22N6O3S. The monoisotopic (exact) mass is 486 g/mol. The van der Waals surface area contributed by atoms with Crippen molar-refractivity contribution in [2.45, 2.75) is 25.8 Å². The lowest BCUT2D eigenvalue weighted by Crippen LogP contribution is -2.42. The average molecular weight is 487 g/mol. The Morgan fingerprint density at radius 1 is 1.17 bits per heavy atom. The molecule has 1 amide bonds. The normalized spacial score (nSPS) is 17.3. The first-order valence-corrected chi connectivity index (χ1v) is 12.1. The van der Waals surface area contributed by atoms with Crippen molar-refractivity contribution < 1.29 is 14.1 Å². The number of thiazole rings is 1. The number of nitrogens with one attached hydrogen (secondary N) is 2. The number of methoxy groups -OCH3 is 1. The summed E-state index contributed by atoms with van der Waals surface area (Å²) in [5, 5.41) is 13.1. The Kier molecular flexibility index (Phi) is 5.29. The van der Waals surface area contributed by atoms with Crippen LogP contribution in [0.5, 0.6) is 5.75 Å². The molecule has 35 heavy (non-hydrogen) atoms. The van der Waals surface area contributed by atoms with Gasteiger partial charge in [0.05, 0.1) is 17.3 Å². The number of aromatic nitrogens is 4. The van der Waals surface area contributed by atoms with Crippen LogP contribution in [0.1, 0.15) is 18.7 Å². The molecule has 6 rings (SSSR count).